The zero-order valence-corrected chi connectivity index (χ0v) is 13.1. The molecule has 0 aliphatic heterocycles. The Labute approximate surface area is 135 Å². The molecule has 0 fully saturated rings. The van der Waals surface area contributed by atoms with E-state index in [1.807, 2.05) is 24.3 Å². The van der Waals surface area contributed by atoms with Crippen molar-refractivity contribution in [1.82, 2.24) is 4.98 Å². The second-order valence-corrected chi connectivity index (χ2v) is 4.94. The molecule has 0 bridgehead atoms. The molecular formula is C15H18Cl2N2O2. The van der Waals surface area contributed by atoms with Gasteiger partial charge < -0.3 is 15.6 Å². The second-order valence-electron chi connectivity index (χ2n) is 4.54. The van der Waals surface area contributed by atoms with E-state index in [9.17, 15) is 5.11 Å². The molecule has 1 aromatic heterocycles. The van der Waals surface area contributed by atoms with Gasteiger partial charge in [-0.15, -0.1) is 12.4 Å². The molecule has 1 aromatic carbocycles. The molecule has 2 atom stereocenters. The Morgan fingerprint density at radius 1 is 1.33 bits per heavy atom. The van der Waals surface area contributed by atoms with Gasteiger partial charge in [0.15, 0.2) is 0 Å². The lowest BCUT2D eigenvalue weighted by atomic mass is 9.97. The van der Waals surface area contributed by atoms with E-state index in [1.54, 1.807) is 18.3 Å². The van der Waals surface area contributed by atoms with Crippen LogP contribution < -0.4 is 10.5 Å². The van der Waals surface area contributed by atoms with E-state index >= 15 is 0 Å². The highest BCUT2D eigenvalue weighted by Gasteiger charge is 2.19. The molecule has 0 aliphatic rings. The molecule has 0 spiro atoms. The van der Waals surface area contributed by atoms with Gasteiger partial charge in [0, 0.05) is 23.3 Å². The predicted octanol–water partition coefficient (Wildman–Crippen LogP) is 2.77. The molecule has 4 nitrogen and oxygen atoms in total. The standard InChI is InChI=1S/C15H17ClN2O2.ClH/c1-20-14-9-11(6-7-18-14)15(19)13(17)8-10-4-2-3-5-12(10)16;/h2-7,9,13,15,19H,8,17H2,1H3;1H. The first-order chi connectivity index (χ1) is 9.61. The number of methoxy groups -OCH3 is 1. The predicted molar refractivity (Wildman–Crippen MR) is 86.1 cm³/mol. The van der Waals surface area contributed by atoms with Crippen LogP contribution in [0.1, 0.15) is 17.2 Å². The molecule has 0 aliphatic carbocycles. The average Bonchev–Trinajstić information content (AvgIpc) is 2.48. The highest BCUT2D eigenvalue weighted by atomic mass is 35.5. The summed E-state index contributed by atoms with van der Waals surface area (Å²) in [6.45, 7) is 0. The van der Waals surface area contributed by atoms with Crippen LogP contribution in [0.5, 0.6) is 5.88 Å². The fourth-order valence-corrected chi connectivity index (χ4v) is 2.21. The molecular weight excluding hydrogens is 311 g/mol. The number of pyridine rings is 1. The maximum absolute atomic E-state index is 10.3. The zero-order valence-electron chi connectivity index (χ0n) is 11.6. The van der Waals surface area contributed by atoms with Crippen LogP contribution in [0.2, 0.25) is 5.02 Å². The molecule has 6 heteroatoms. The molecule has 0 amide bonds. The first kappa shape index (κ1) is 17.7. The van der Waals surface area contributed by atoms with Gasteiger partial charge in [-0.3, -0.25) is 0 Å². The van der Waals surface area contributed by atoms with Gasteiger partial charge in [-0.05, 0) is 29.7 Å². The summed E-state index contributed by atoms with van der Waals surface area (Å²) in [4.78, 5) is 4.00. The Balaban J connectivity index is 0.00000220. The second kappa shape index (κ2) is 8.20. The largest absolute Gasteiger partial charge is 0.481 e. The van der Waals surface area contributed by atoms with Crippen LogP contribution in [0, 0.1) is 0 Å². The molecule has 0 radical (unpaired) electrons. The number of aromatic nitrogens is 1. The number of aliphatic hydroxyl groups is 1. The summed E-state index contributed by atoms with van der Waals surface area (Å²) in [5.74, 6) is 0.450. The Morgan fingerprint density at radius 2 is 2.05 bits per heavy atom. The number of hydrogen-bond acceptors (Lipinski definition) is 4. The summed E-state index contributed by atoms with van der Waals surface area (Å²) in [6, 6.07) is 10.4. The van der Waals surface area contributed by atoms with Gasteiger partial charge >= 0.3 is 0 Å². The average molecular weight is 329 g/mol. The third-order valence-electron chi connectivity index (χ3n) is 3.13. The molecule has 2 unspecified atom stereocenters. The van der Waals surface area contributed by atoms with Crippen LogP contribution >= 0.6 is 24.0 Å². The SMILES string of the molecule is COc1cc(C(O)C(N)Cc2ccccc2Cl)ccn1.Cl. The van der Waals surface area contributed by atoms with Gasteiger partial charge in [0.2, 0.25) is 5.88 Å². The maximum atomic E-state index is 10.3. The van der Waals surface area contributed by atoms with Gasteiger partial charge in [-0.2, -0.15) is 0 Å². The number of nitrogens with two attached hydrogens (primary N) is 1. The first-order valence-corrected chi connectivity index (χ1v) is 6.66. The van der Waals surface area contributed by atoms with Crippen molar-refractivity contribution in [3.05, 3.63) is 58.7 Å². The molecule has 1 heterocycles. The minimum atomic E-state index is -0.803. The zero-order chi connectivity index (χ0) is 14.5. The van der Waals surface area contributed by atoms with Crippen LogP contribution in [-0.2, 0) is 6.42 Å². The number of benzene rings is 1. The van der Waals surface area contributed by atoms with Crippen molar-refractivity contribution in [2.75, 3.05) is 7.11 Å². The van der Waals surface area contributed by atoms with Crippen LogP contribution in [0.3, 0.4) is 0 Å². The Bertz CT molecular complexity index is 581. The summed E-state index contributed by atoms with van der Waals surface area (Å²) in [5.41, 5.74) is 7.67. The van der Waals surface area contributed by atoms with E-state index < -0.39 is 12.1 Å². The summed E-state index contributed by atoms with van der Waals surface area (Å²) >= 11 is 6.10. The Kier molecular flexibility index (Phi) is 6.92. The monoisotopic (exact) mass is 328 g/mol. The number of ether oxygens (including phenoxy) is 1. The fourth-order valence-electron chi connectivity index (χ4n) is 2.00. The first-order valence-electron chi connectivity index (χ1n) is 6.29. The molecule has 2 aromatic rings. The van der Waals surface area contributed by atoms with Crippen molar-refractivity contribution in [1.29, 1.82) is 0 Å². The Hall–Kier alpha value is -1.33. The van der Waals surface area contributed by atoms with Crippen molar-refractivity contribution in [2.24, 2.45) is 5.73 Å². The van der Waals surface area contributed by atoms with E-state index in [2.05, 4.69) is 4.98 Å². The molecule has 3 N–H and O–H groups in total. The van der Waals surface area contributed by atoms with Crippen molar-refractivity contribution in [3.63, 3.8) is 0 Å². The van der Waals surface area contributed by atoms with Crippen LogP contribution in [0.4, 0.5) is 0 Å². The van der Waals surface area contributed by atoms with Crippen LogP contribution in [-0.4, -0.2) is 23.2 Å². The molecule has 0 saturated heterocycles. The van der Waals surface area contributed by atoms with E-state index in [1.165, 1.54) is 7.11 Å². The summed E-state index contributed by atoms with van der Waals surface area (Å²) in [5, 5.41) is 11.0. The molecule has 0 saturated carbocycles. The van der Waals surface area contributed by atoms with E-state index in [0.717, 1.165) is 5.56 Å². The van der Waals surface area contributed by atoms with Crippen molar-refractivity contribution < 1.29 is 9.84 Å². The van der Waals surface area contributed by atoms with Gasteiger partial charge in [0.05, 0.1) is 13.2 Å². The lowest BCUT2D eigenvalue weighted by molar-refractivity contribution is 0.145. The van der Waals surface area contributed by atoms with E-state index in [0.29, 0.717) is 22.9 Å². The lowest BCUT2D eigenvalue weighted by Gasteiger charge is -2.20. The quantitative estimate of drug-likeness (QED) is 0.885. The number of halogens is 2. The van der Waals surface area contributed by atoms with Gasteiger partial charge in [0.1, 0.15) is 0 Å². The number of aliphatic hydroxyl groups excluding tert-OH is 1. The fraction of sp³-hybridized carbons (Fsp3) is 0.267. The smallest absolute Gasteiger partial charge is 0.213 e. The third-order valence-corrected chi connectivity index (χ3v) is 3.50. The minimum Gasteiger partial charge on any atom is -0.481 e. The number of hydrogen-bond donors (Lipinski definition) is 2. The van der Waals surface area contributed by atoms with Crippen molar-refractivity contribution >= 4 is 24.0 Å². The van der Waals surface area contributed by atoms with E-state index in [4.69, 9.17) is 22.1 Å². The van der Waals surface area contributed by atoms with E-state index in [-0.39, 0.29) is 12.4 Å². The maximum Gasteiger partial charge on any atom is 0.213 e. The molecule has 2 rings (SSSR count). The number of rotatable bonds is 5. The lowest BCUT2D eigenvalue weighted by Crippen LogP contribution is -2.30. The van der Waals surface area contributed by atoms with Gasteiger partial charge in [-0.1, -0.05) is 29.8 Å². The topological polar surface area (TPSA) is 68.4 Å². The Morgan fingerprint density at radius 3 is 2.71 bits per heavy atom. The highest BCUT2D eigenvalue weighted by molar-refractivity contribution is 6.31. The van der Waals surface area contributed by atoms with Crippen LogP contribution in [0.25, 0.3) is 0 Å². The summed E-state index contributed by atoms with van der Waals surface area (Å²) in [7, 11) is 1.53. The summed E-state index contributed by atoms with van der Waals surface area (Å²) in [6.07, 6.45) is 1.27. The van der Waals surface area contributed by atoms with Crippen molar-refractivity contribution in [3.8, 4) is 5.88 Å². The third kappa shape index (κ3) is 4.58. The molecule has 114 valence electrons. The summed E-state index contributed by atoms with van der Waals surface area (Å²) < 4.78 is 5.04. The number of nitrogens with zero attached hydrogens (tertiary/aromatic N) is 1. The highest BCUT2D eigenvalue weighted by Crippen LogP contribution is 2.23. The van der Waals surface area contributed by atoms with Crippen molar-refractivity contribution in [2.45, 2.75) is 18.6 Å². The minimum absolute atomic E-state index is 0. The van der Waals surface area contributed by atoms with Gasteiger partial charge in [-0.25, -0.2) is 4.98 Å². The van der Waals surface area contributed by atoms with Crippen LogP contribution in [0.15, 0.2) is 42.6 Å². The normalized spacial score (nSPS) is 13.1. The molecule has 21 heavy (non-hydrogen) atoms. The van der Waals surface area contributed by atoms with Gasteiger partial charge in [0.25, 0.3) is 0 Å².